The summed E-state index contributed by atoms with van der Waals surface area (Å²) in [5.41, 5.74) is 4.15. The third kappa shape index (κ3) is 3.49. The molecule has 0 saturated carbocycles. The quantitative estimate of drug-likeness (QED) is 0.646. The van der Waals surface area contributed by atoms with Crippen molar-refractivity contribution in [2.45, 2.75) is 6.92 Å². The van der Waals surface area contributed by atoms with Crippen molar-refractivity contribution in [1.29, 1.82) is 0 Å². The number of ether oxygens (including phenoxy) is 2. The molecule has 0 spiro atoms. The standard InChI is InChI=1S/C20H20N2O2/c1-15-11-16(13-21-17-5-4-6-20(12-17)24-3)14-22(15)18-7-9-19(23-2)10-8-18/h4-14H,1-3H3. The van der Waals surface area contributed by atoms with E-state index in [1.165, 1.54) is 0 Å². The van der Waals surface area contributed by atoms with Crippen LogP contribution in [0.2, 0.25) is 0 Å². The van der Waals surface area contributed by atoms with Crippen LogP contribution in [0, 0.1) is 6.92 Å². The van der Waals surface area contributed by atoms with Gasteiger partial charge in [-0.1, -0.05) is 6.07 Å². The number of benzene rings is 2. The van der Waals surface area contributed by atoms with Gasteiger partial charge < -0.3 is 14.0 Å². The largest absolute Gasteiger partial charge is 0.497 e. The van der Waals surface area contributed by atoms with Gasteiger partial charge in [0.2, 0.25) is 0 Å². The molecule has 0 unspecified atom stereocenters. The first-order valence-electron chi connectivity index (χ1n) is 7.71. The molecule has 0 fully saturated rings. The first-order chi connectivity index (χ1) is 11.7. The molecule has 0 saturated heterocycles. The van der Waals surface area contributed by atoms with Crippen molar-refractivity contribution in [2.24, 2.45) is 4.99 Å². The number of rotatable bonds is 5. The molecule has 4 heteroatoms. The molecule has 3 rings (SSSR count). The highest BCUT2D eigenvalue weighted by Crippen LogP contribution is 2.21. The van der Waals surface area contributed by atoms with Crippen LogP contribution in [0.3, 0.4) is 0 Å². The normalized spacial score (nSPS) is 11.0. The van der Waals surface area contributed by atoms with Gasteiger partial charge >= 0.3 is 0 Å². The fourth-order valence-corrected chi connectivity index (χ4v) is 2.53. The second-order valence-electron chi connectivity index (χ2n) is 5.44. The average Bonchev–Trinajstić information content (AvgIpc) is 3.01. The Labute approximate surface area is 142 Å². The maximum atomic E-state index is 5.22. The summed E-state index contributed by atoms with van der Waals surface area (Å²) in [6, 6.07) is 17.8. The molecule has 0 atom stereocenters. The van der Waals surface area contributed by atoms with Gasteiger partial charge in [0, 0.05) is 35.4 Å². The van der Waals surface area contributed by atoms with Crippen LogP contribution in [-0.4, -0.2) is 25.0 Å². The predicted molar refractivity (Wildman–Crippen MR) is 97.3 cm³/mol. The van der Waals surface area contributed by atoms with Gasteiger partial charge in [-0.2, -0.15) is 0 Å². The zero-order chi connectivity index (χ0) is 16.9. The Hall–Kier alpha value is -3.01. The summed E-state index contributed by atoms with van der Waals surface area (Å²) in [6.45, 7) is 2.08. The molecule has 2 aromatic carbocycles. The summed E-state index contributed by atoms with van der Waals surface area (Å²) in [5, 5.41) is 0. The highest BCUT2D eigenvalue weighted by atomic mass is 16.5. The van der Waals surface area contributed by atoms with Gasteiger partial charge in [0.25, 0.3) is 0 Å². The van der Waals surface area contributed by atoms with E-state index in [2.05, 4.69) is 28.7 Å². The summed E-state index contributed by atoms with van der Waals surface area (Å²) >= 11 is 0. The van der Waals surface area contributed by atoms with Crippen molar-refractivity contribution >= 4 is 11.9 Å². The molecule has 0 aliphatic heterocycles. The molecule has 0 aliphatic rings. The molecule has 1 heterocycles. The van der Waals surface area contributed by atoms with Gasteiger partial charge in [-0.25, -0.2) is 0 Å². The van der Waals surface area contributed by atoms with Crippen LogP contribution in [0.1, 0.15) is 11.3 Å². The van der Waals surface area contributed by atoms with Crippen LogP contribution in [0.5, 0.6) is 11.5 Å². The SMILES string of the molecule is COc1ccc(-n2cc(C=Nc3cccc(OC)c3)cc2C)cc1. The number of aliphatic imine (C=N–C) groups is 1. The molecule has 0 aliphatic carbocycles. The van der Waals surface area contributed by atoms with Crippen molar-refractivity contribution < 1.29 is 9.47 Å². The lowest BCUT2D eigenvalue weighted by Gasteiger charge is -2.06. The van der Waals surface area contributed by atoms with Gasteiger partial charge in [-0.3, -0.25) is 4.99 Å². The molecular weight excluding hydrogens is 300 g/mol. The van der Waals surface area contributed by atoms with Gasteiger partial charge in [0.15, 0.2) is 0 Å². The molecule has 1 aromatic heterocycles. The van der Waals surface area contributed by atoms with E-state index in [9.17, 15) is 0 Å². The Balaban J connectivity index is 1.83. The molecule has 3 aromatic rings. The van der Waals surface area contributed by atoms with Crippen molar-refractivity contribution in [2.75, 3.05) is 14.2 Å². The topological polar surface area (TPSA) is 35.8 Å². The lowest BCUT2D eigenvalue weighted by atomic mass is 10.3. The van der Waals surface area contributed by atoms with Gasteiger partial charge in [-0.05, 0) is 49.4 Å². The van der Waals surface area contributed by atoms with Gasteiger partial charge in [-0.15, -0.1) is 0 Å². The highest BCUT2D eigenvalue weighted by Gasteiger charge is 2.03. The minimum Gasteiger partial charge on any atom is -0.497 e. The van der Waals surface area contributed by atoms with Gasteiger partial charge in [0.05, 0.1) is 19.9 Å². The third-order valence-corrected chi connectivity index (χ3v) is 3.80. The maximum absolute atomic E-state index is 5.22. The third-order valence-electron chi connectivity index (χ3n) is 3.80. The van der Waals surface area contributed by atoms with Crippen molar-refractivity contribution in [1.82, 2.24) is 4.57 Å². The van der Waals surface area contributed by atoms with E-state index in [1.54, 1.807) is 14.2 Å². The number of methoxy groups -OCH3 is 2. The number of hydrogen-bond acceptors (Lipinski definition) is 3. The van der Waals surface area contributed by atoms with E-state index in [-0.39, 0.29) is 0 Å². The lowest BCUT2D eigenvalue weighted by Crippen LogP contribution is -1.94. The molecule has 0 bridgehead atoms. The average molecular weight is 320 g/mol. The molecule has 4 nitrogen and oxygen atoms in total. The zero-order valence-corrected chi connectivity index (χ0v) is 14.1. The lowest BCUT2D eigenvalue weighted by molar-refractivity contribution is 0.414. The van der Waals surface area contributed by atoms with Crippen molar-refractivity contribution in [3.05, 3.63) is 72.1 Å². The second kappa shape index (κ2) is 7.04. The van der Waals surface area contributed by atoms with Crippen molar-refractivity contribution in [3.63, 3.8) is 0 Å². The Bertz CT molecular complexity index is 848. The molecule has 0 N–H and O–H groups in total. The van der Waals surface area contributed by atoms with E-state index in [0.29, 0.717) is 0 Å². The summed E-state index contributed by atoms with van der Waals surface area (Å²) in [6.07, 6.45) is 3.93. The van der Waals surface area contributed by atoms with Crippen LogP contribution in [0.15, 0.2) is 65.8 Å². The Morgan fingerprint density at radius 1 is 0.917 bits per heavy atom. The molecule has 0 amide bonds. The van der Waals surface area contributed by atoms with E-state index in [0.717, 1.165) is 34.1 Å². The first-order valence-corrected chi connectivity index (χ1v) is 7.71. The number of aromatic nitrogens is 1. The molecule has 0 radical (unpaired) electrons. The van der Waals surface area contributed by atoms with Crippen LogP contribution in [0.4, 0.5) is 5.69 Å². The number of nitrogens with zero attached hydrogens (tertiary/aromatic N) is 2. The fraction of sp³-hybridized carbons (Fsp3) is 0.150. The summed E-state index contributed by atoms with van der Waals surface area (Å²) in [4.78, 5) is 4.52. The molecule has 122 valence electrons. The van der Waals surface area contributed by atoms with Crippen LogP contribution in [0.25, 0.3) is 5.69 Å². The second-order valence-corrected chi connectivity index (χ2v) is 5.44. The summed E-state index contributed by atoms with van der Waals surface area (Å²) in [5.74, 6) is 1.65. The zero-order valence-electron chi connectivity index (χ0n) is 14.1. The van der Waals surface area contributed by atoms with E-state index < -0.39 is 0 Å². The smallest absolute Gasteiger partial charge is 0.121 e. The Kier molecular flexibility index (Phi) is 4.66. The summed E-state index contributed by atoms with van der Waals surface area (Å²) < 4.78 is 12.6. The Morgan fingerprint density at radius 2 is 1.67 bits per heavy atom. The van der Waals surface area contributed by atoms with E-state index >= 15 is 0 Å². The maximum Gasteiger partial charge on any atom is 0.121 e. The van der Waals surface area contributed by atoms with E-state index in [4.69, 9.17) is 9.47 Å². The molecular formula is C20H20N2O2. The first kappa shape index (κ1) is 15.9. The van der Waals surface area contributed by atoms with Crippen molar-refractivity contribution in [3.8, 4) is 17.2 Å². The van der Waals surface area contributed by atoms with E-state index in [1.807, 2.05) is 54.7 Å². The minimum absolute atomic E-state index is 0.802. The molecule has 24 heavy (non-hydrogen) atoms. The van der Waals surface area contributed by atoms with Gasteiger partial charge in [0.1, 0.15) is 11.5 Å². The minimum atomic E-state index is 0.802. The highest BCUT2D eigenvalue weighted by molar-refractivity contribution is 5.82. The van der Waals surface area contributed by atoms with Crippen LogP contribution < -0.4 is 9.47 Å². The summed E-state index contributed by atoms with van der Waals surface area (Å²) in [7, 11) is 3.32. The monoisotopic (exact) mass is 320 g/mol. The Morgan fingerprint density at radius 3 is 2.38 bits per heavy atom. The fourth-order valence-electron chi connectivity index (χ4n) is 2.53. The van der Waals surface area contributed by atoms with Crippen LogP contribution in [-0.2, 0) is 0 Å². The number of hydrogen-bond donors (Lipinski definition) is 0. The number of aryl methyl sites for hydroxylation is 1. The van der Waals surface area contributed by atoms with Crippen LogP contribution >= 0.6 is 0 Å². The predicted octanol–water partition coefficient (Wildman–Crippen LogP) is 4.55.